The third-order valence-corrected chi connectivity index (χ3v) is 10.1. The Kier molecular flexibility index (Phi) is 7.29. The number of aliphatic hydroxyl groups is 1. The summed E-state index contributed by atoms with van der Waals surface area (Å²) in [7, 11) is -2.47. The summed E-state index contributed by atoms with van der Waals surface area (Å²) in [6.45, 7) is 8.02. The third-order valence-electron chi connectivity index (χ3n) is 5.58. The van der Waals surface area contributed by atoms with Crippen molar-refractivity contribution in [3.8, 4) is 11.1 Å². The first-order valence-electron chi connectivity index (χ1n) is 9.52. The predicted molar refractivity (Wildman–Crippen MR) is 107 cm³/mol. The molecule has 0 spiro atoms. The van der Waals surface area contributed by atoms with Gasteiger partial charge in [0.25, 0.3) is 6.43 Å². The minimum absolute atomic E-state index is 0.0501. The summed E-state index contributed by atoms with van der Waals surface area (Å²) < 4.78 is 87.9. The van der Waals surface area contributed by atoms with E-state index in [0.717, 1.165) is 12.1 Å². The Morgan fingerprint density at radius 2 is 1.58 bits per heavy atom. The lowest BCUT2D eigenvalue weighted by atomic mass is 9.92. The molecule has 0 radical (unpaired) electrons. The van der Waals surface area contributed by atoms with Crippen LogP contribution in [0.1, 0.15) is 49.7 Å². The lowest BCUT2D eigenvalue weighted by molar-refractivity contribution is -0.142. The van der Waals surface area contributed by atoms with Crippen LogP contribution in [0.3, 0.4) is 0 Å². The third kappa shape index (κ3) is 5.47. The maximum atomic E-state index is 13.8. The number of benzene rings is 1. The van der Waals surface area contributed by atoms with Gasteiger partial charge in [0, 0.05) is 11.1 Å². The van der Waals surface area contributed by atoms with E-state index < -0.39 is 56.9 Å². The maximum Gasteiger partial charge on any atom is 0.433 e. The number of alkyl halides is 5. The van der Waals surface area contributed by atoms with E-state index in [9.17, 15) is 31.4 Å². The number of rotatable bonds is 6. The highest BCUT2D eigenvalue weighted by molar-refractivity contribution is 6.74. The number of pyridine rings is 1. The summed E-state index contributed by atoms with van der Waals surface area (Å²) in [6.07, 6.45) is -8.39. The first-order chi connectivity index (χ1) is 14.1. The highest BCUT2D eigenvalue weighted by Gasteiger charge is 2.41. The van der Waals surface area contributed by atoms with Crippen molar-refractivity contribution in [3.05, 3.63) is 52.6 Å². The highest BCUT2D eigenvalue weighted by Crippen LogP contribution is 2.43. The van der Waals surface area contributed by atoms with Crippen LogP contribution in [0.4, 0.5) is 26.3 Å². The molecule has 1 N–H and O–H groups in total. The van der Waals surface area contributed by atoms with E-state index >= 15 is 0 Å². The Labute approximate surface area is 178 Å². The van der Waals surface area contributed by atoms with Gasteiger partial charge in [-0.05, 0) is 41.4 Å². The zero-order valence-corrected chi connectivity index (χ0v) is 18.9. The van der Waals surface area contributed by atoms with Crippen LogP contribution in [0, 0.1) is 5.82 Å². The highest BCUT2D eigenvalue weighted by atomic mass is 28.4. The van der Waals surface area contributed by atoms with Gasteiger partial charge in [-0.3, -0.25) is 0 Å². The molecule has 1 aromatic carbocycles. The van der Waals surface area contributed by atoms with Crippen molar-refractivity contribution >= 4 is 8.32 Å². The van der Waals surface area contributed by atoms with Crippen LogP contribution in [0.5, 0.6) is 0 Å². The lowest BCUT2D eigenvalue weighted by Crippen LogP contribution is -2.40. The Bertz CT molecular complexity index is 921. The molecule has 2 rings (SSSR count). The molecule has 0 unspecified atom stereocenters. The number of halogens is 6. The molecule has 0 aliphatic rings. The molecule has 0 atom stereocenters. The van der Waals surface area contributed by atoms with E-state index in [1.165, 1.54) is 12.1 Å². The van der Waals surface area contributed by atoms with Gasteiger partial charge in [0.05, 0.1) is 13.2 Å². The normalized spacial score (nSPS) is 13.2. The molecule has 0 saturated carbocycles. The van der Waals surface area contributed by atoms with Crippen molar-refractivity contribution in [3.63, 3.8) is 0 Å². The average Bonchev–Trinajstić information content (AvgIpc) is 2.64. The standard InChI is InChI=1S/C21H25F6NO2Si/c1-20(2,3)31(4,5)30-11-15-16(12-6-8-13(22)9-7-12)14(10-29)18(21(25,26)27)28-17(15)19(23)24/h6-9,19,29H,10-11H2,1-5H3. The molecular formula is C21H25F6NO2Si. The van der Waals surface area contributed by atoms with E-state index in [0.29, 0.717) is 0 Å². The summed E-state index contributed by atoms with van der Waals surface area (Å²) in [4.78, 5) is 3.21. The minimum Gasteiger partial charge on any atom is -0.412 e. The SMILES string of the molecule is CC(C)(C)[Si](C)(C)OCc1c(C(F)F)nc(C(F)(F)F)c(CO)c1-c1ccc(F)cc1. The van der Waals surface area contributed by atoms with Crippen LogP contribution in [-0.4, -0.2) is 18.4 Å². The molecule has 1 aromatic heterocycles. The summed E-state index contributed by atoms with van der Waals surface area (Å²) >= 11 is 0. The second kappa shape index (κ2) is 8.91. The molecule has 172 valence electrons. The van der Waals surface area contributed by atoms with Crippen LogP contribution in [0.15, 0.2) is 24.3 Å². The van der Waals surface area contributed by atoms with Crippen molar-refractivity contribution in [2.45, 2.75) is 64.7 Å². The quantitative estimate of drug-likeness (QED) is 0.374. The van der Waals surface area contributed by atoms with Crippen LogP contribution in [0.25, 0.3) is 11.1 Å². The van der Waals surface area contributed by atoms with Gasteiger partial charge in [-0.1, -0.05) is 32.9 Å². The van der Waals surface area contributed by atoms with Gasteiger partial charge in [0.2, 0.25) is 0 Å². The number of hydrogen-bond acceptors (Lipinski definition) is 3. The van der Waals surface area contributed by atoms with Gasteiger partial charge in [0.1, 0.15) is 11.5 Å². The van der Waals surface area contributed by atoms with Crippen molar-refractivity contribution in [1.29, 1.82) is 0 Å². The molecule has 0 bridgehead atoms. The van der Waals surface area contributed by atoms with Crippen molar-refractivity contribution in [2.75, 3.05) is 0 Å². The minimum atomic E-state index is -5.07. The molecule has 1 heterocycles. The van der Waals surface area contributed by atoms with E-state index in [1.807, 2.05) is 33.9 Å². The molecule has 3 nitrogen and oxygen atoms in total. The van der Waals surface area contributed by atoms with E-state index in [4.69, 9.17) is 4.43 Å². The number of hydrogen-bond donors (Lipinski definition) is 1. The van der Waals surface area contributed by atoms with Gasteiger partial charge in [-0.2, -0.15) is 13.2 Å². The summed E-state index contributed by atoms with van der Waals surface area (Å²) in [5.74, 6) is -0.646. The van der Waals surface area contributed by atoms with Crippen LogP contribution in [0.2, 0.25) is 18.1 Å². The molecule has 0 aliphatic carbocycles. The van der Waals surface area contributed by atoms with E-state index in [1.54, 1.807) is 0 Å². The number of aromatic nitrogens is 1. The van der Waals surface area contributed by atoms with E-state index in [-0.39, 0.29) is 21.7 Å². The van der Waals surface area contributed by atoms with Crippen molar-refractivity contribution in [2.24, 2.45) is 0 Å². The van der Waals surface area contributed by atoms with Gasteiger partial charge in [0.15, 0.2) is 14.0 Å². The molecule has 2 aromatic rings. The Hall–Kier alpha value is -1.91. The van der Waals surface area contributed by atoms with E-state index in [2.05, 4.69) is 4.98 Å². The summed E-state index contributed by atoms with van der Waals surface area (Å²) in [5.41, 5.74) is -3.78. The van der Waals surface area contributed by atoms with Gasteiger partial charge in [-0.25, -0.2) is 18.2 Å². The Morgan fingerprint density at radius 3 is 2.00 bits per heavy atom. The number of nitrogens with zero attached hydrogens (tertiary/aromatic N) is 1. The molecule has 0 fully saturated rings. The average molecular weight is 466 g/mol. The second-order valence-electron chi connectivity index (χ2n) is 8.69. The van der Waals surface area contributed by atoms with Gasteiger partial charge < -0.3 is 9.53 Å². The van der Waals surface area contributed by atoms with Crippen LogP contribution >= 0.6 is 0 Å². The first-order valence-corrected chi connectivity index (χ1v) is 12.4. The van der Waals surface area contributed by atoms with Gasteiger partial charge in [-0.15, -0.1) is 0 Å². The molecule has 10 heteroatoms. The summed E-state index contributed by atoms with van der Waals surface area (Å²) in [6, 6.07) is 4.36. The topological polar surface area (TPSA) is 42.4 Å². The fourth-order valence-electron chi connectivity index (χ4n) is 2.83. The second-order valence-corrected chi connectivity index (χ2v) is 13.5. The molecule has 0 amide bonds. The molecule has 0 aliphatic heterocycles. The smallest absolute Gasteiger partial charge is 0.412 e. The van der Waals surface area contributed by atoms with Crippen LogP contribution in [-0.2, 0) is 23.8 Å². The fourth-order valence-corrected chi connectivity index (χ4v) is 3.77. The zero-order chi connectivity index (χ0) is 23.8. The van der Waals surface area contributed by atoms with Crippen LogP contribution < -0.4 is 0 Å². The maximum absolute atomic E-state index is 13.8. The summed E-state index contributed by atoms with van der Waals surface area (Å²) in [5, 5.41) is 9.47. The molecular weight excluding hydrogens is 440 g/mol. The largest absolute Gasteiger partial charge is 0.433 e. The number of aliphatic hydroxyl groups excluding tert-OH is 1. The lowest BCUT2D eigenvalue weighted by Gasteiger charge is -2.36. The molecule has 31 heavy (non-hydrogen) atoms. The first kappa shape index (κ1) is 25.3. The van der Waals surface area contributed by atoms with Crippen molar-refractivity contribution < 1.29 is 35.9 Å². The Balaban J connectivity index is 2.84. The van der Waals surface area contributed by atoms with Crippen molar-refractivity contribution in [1.82, 2.24) is 4.98 Å². The zero-order valence-electron chi connectivity index (χ0n) is 17.9. The van der Waals surface area contributed by atoms with Gasteiger partial charge >= 0.3 is 6.18 Å². The predicted octanol–water partition coefficient (Wildman–Crippen LogP) is 6.86. The molecule has 0 saturated heterocycles. The Morgan fingerprint density at radius 1 is 1.03 bits per heavy atom. The monoisotopic (exact) mass is 465 g/mol. The fraction of sp³-hybridized carbons (Fsp3) is 0.476.